The fourth-order valence-electron chi connectivity index (χ4n) is 3.20. The zero-order valence-electron chi connectivity index (χ0n) is 12.9. The minimum absolute atomic E-state index is 0.251. The van der Waals surface area contributed by atoms with Crippen molar-refractivity contribution in [2.24, 2.45) is 11.3 Å². The van der Waals surface area contributed by atoms with Crippen molar-refractivity contribution in [3.8, 4) is 0 Å². The van der Waals surface area contributed by atoms with Gasteiger partial charge >= 0.3 is 5.97 Å². The Morgan fingerprint density at radius 1 is 1.12 bits per heavy atom. The Hall–Kier alpha value is -2.31. The lowest BCUT2D eigenvalue weighted by molar-refractivity contribution is -0.154. The fraction of sp³-hybridized carbons (Fsp3) is 0.471. The van der Waals surface area contributed by atoms with E-state index in [1.54, 1.807) is 0 Å². The van der Waals surface area contributed by atoms with E-state index in [1.807, 2.05) is 0 Å². The second-order valence-corrected chi connectivity index (χ2v) is 6.44. The van der Waals surface area contributed by atoms with E-state index in [0.717, 1.165) is 18.2 Å². The van der Waals surface area contributed by atoms with Crippen molar-refractivity contribution >= 4 is 17.7 Å². The van der Waals surface area contributed by atoms with Crippen molar-refractivity contribution in [1.29, 1.82) is 0 Å². The summed E-state index contributed by atoms with van der Waals surface area (Å²) < 4.78 is 26.9. The molecular weight excluding hydrogens is 320 g/mol. The molecule has 1 saturated carbocycles. The molecule has 24 heavy (non-hydrogen) atoms. The lowest BCUT2D eigenvalue weighted by atomic mass is 9.88. The standard InChI is InChI=1S/C17H17F2NO4/c18-11-1-2-13(19)12(9-11)14(21)10-3-7-20(8-4-10)15(22)17(5-6-17)16(23)24/h1-2,9-10H,3-8H2,(H,23,24). The Morgan fingerprint density at radius 2 is 1.75 bits per heavy atom. The number of benzene rings is 1. The van der Waals surface area contributed by atoms with Crippen LogP contribution in [0.2, 0.25) is 0 Å². The molecular formula is C17H17F2NO4. The first kappa shape index (κ1) is 16.5. The van der Waals surface area contributed by atoms with E-state index in [1.165, 1.54) is 4.90 Å². The van der Waals surface area contributed by atoms with Crippen molar-refractivity contribution in [2.75, 3.05) is 13.1 Å². The topological polar surface area (TPSA) is 74.7 Å². The summed E-state index contributed by atoms with van der Waals surface area (Å²) in [6.07, 6.45) is 1.31. The molecule has 1 aromatic carbocycles. The van der Waals surface area contributed by atoms with Gasteiger partial charge in [0, 0.05) is 19.0 Å². The van der Waals surface area contributed by atoms with E-state index in [2.05, 4.69) is 0 Å². The number of hydrogen-bond donors (Lipinski definition) is 1. The van der Waals surface area contributed by atoms with Crippen LogP contribution >= 0.6 is 0 Å². The van der Waals surface area contributed by atoms with Gasteiger partial charge in [-0.1, -0.05) is 0 Å². The third-order valence-corrected chi connectivity index (χ3v) is 4.92. The first-order valence-electron chi connectivity index (χ1n) is 7.87. The van der Waals surface area contributed by atoms with Crippen LogP contribution in [0.15, 0.2) is 18.2 Å². The molecule has 1 aliphatic heterocycles. The van der Waals surface area contributed by atoms with E-state index in [0.29, 0.717) is 25.7 Å². The average molecular weight is 337 g/mol. The highest BCUT2D eigenvalue weighted by Crippen LogP contribution is 2.48. The van der Waals surface area contributed by atoms with Crippen LogP contribution in [-0.4, -0.2) is 40.8 Å². The molecule has 2 aliphatic rings. The summed E-state index contributed by atoms with van der Waals surface area (Å²) in [5, 5.41) is 9.17. The van der Waals surface area contributed by atoms with Gasteiger partial charge in [-0.15, -0.1) is 0 Å². The Labute approximate surface area is 137 Å². The van der Waals surface area contributed by atoms with E-state index < -0.39 is 40.6 Å². The van der Waals surface area contributed by atoms with Crippen molar-refractivity contribution in [3.05, 3.63) is 35.4 Å². The Bertz CT molecular complexity index is 707. The molecule has 1 heterocycles. The minimum atomic E-state index is -1.29. The smallest absolute Gasteiger partial charge is 0.319 e. The van der Waals surface area contributed by atoms with Gasteiger partial charge in [0.2, 0.25) is 5.91 Å². The number of ketones is 1. The van der Waals surface area contributed by atoms with E-state index in [9.17, 15) is 28.3 Å². The molecule has 7 heteroatoms. The van der Waals surface area contributed by atoms with Crippen LogP contribution in [-0.2, 0) is 9.59 Å². The molecule has 0 bridgehead atoms. The van der Waals surface area contributed by atoms with E-state index >= 15 is 0 Å². The van der Waals surface area contributed by atoms with Crippen LogP contribution in [0.25, 0.3) is 0 Å². The molecule has 1 saturated heterocycles. The van der Waals surface area contributed by atoms with E-state index in [4.69, 9.17) is 0 Å². The number of hydrogen-bond acceptors (Lipinski definition) is 3. The molecule has 0 unspecified atom stereocenters. The summed E-state index contributed by atoms with van der Waals surface area (Å²) >= 11 is 0. The number of carboxylic acid groups (broad SMARTS) is 1. The van der Waals surface area contributed by atoms with Crippen LogP contribution in [0.5, 0.6) is 0 Å². The third kappa shape index (κ3) is 2.79. The maximum atomic E-state index is 13.7. The van der Waals surface area contributed by atoms with Gasteiger partial charge in [-0.05, 0) is 43.9 Å². The molecule has 3 rings (SSSR count). The van der Waals surface area contributed by atoms with Crippen LogP contribution in [0.1, 0.15) is 36.0 Å². The highest BCUT2D eigenvalue weighted by atomic mass is 19.1. The summed E-state index contributed by atoms with van der Waals surface area (Å²) in [5.41, 5.74) is -1.56. The number of piperidine rings is 1. The zero-order chi connectivity index (χ0) is 17.5. The molecule has 5 nitrogen and oxygen atoms in total. The molecule has 1 aliphatic carbocycles. The van der Waals surface area contributed by atoms with Gasteiger partial charge in [0.15, 0.2) is 5.78 Å². The number of carbonyl (C=O) groups excluding carboxylic acids is 2. The Kier molecular flexibility index (Phi) is 4.11. The number of halogens is 2. The maximum Gasteiger partial charge on any atom is 0.319 e. The summed E-state index contributed by atoms with van der Waals surface area (Å²) in [6.45, 7) is 0.502. The second kappa shape index (κ2) is 5.96. The average Bonchev–Trinajstić information content (AvgIpc) is 3.38. The number of likely N-dealkylation sites (tertiary alicyclic amines) is 1. The molecule has 0 radical (unpaired) electrons. The van der Waals surface area contributed by atoms with Gasteiger partial charge in [-0.25, -0.2) is 8.78 Å². The molecule has 128 valence electrons. The summed E-state index contributed by atoms with van der Waals surface area (Å²) in [4.78, 5) is 37.4. The second-order valence-electron chi connectivity index (χ2n) is 6.44. The number of amides is 1. The lowest BCUT2D eigenvalue weighted by Crippen LogP contribution is -2.46. The number of Topliss-reactive ketones (excluding diaryl/α,β-unsaturated/α-hetero) is 1. The maximum absolute atomic E-state index is 13.7. The predicted molar refractivity (Wildman–Crippen MR) is 79.3 cm³/mol. The number of carbonyl (C=O) groups is 3. The number of carboxylic acids is 1. The van der Waals surface area contributed by atoms with Gasteiger partial charge < -0.3 is 10.0 Å². The van der Waals surface area contributed by atoms with Gasteiger partial charge in [0.1, 0.15) is 17.0 Å². The van der Waals surface area contributed by atoms with Crippen molar-refractivity contribution in [3.63, 3.8) is 0 Å². The highest BCUT2D eigenvalue weighted by molar-refractivity contribution is 6.05. The highest BCUT2D eigenvalue weighted by Gasteiger charge is 2.58. The van der Waals surface area contributed by atoms with Gasteiger partial charge in [0.25, 0.3) is 0 Å². The molecule has 2 fully saturated rings. The van der Waals surface area contributed by atoms with Crippen LogP contribution in [0, 0.1) is 23.0 Å². The Morgan fingerprint density at radius 3 is 2.29 bits per heavy atom. The van der Waals surface area contributed by atoms with Gasteiger partial charge in [-0.2, -0.15) is 0 Å². The normalized spacial score (nSPS) is 19.8. The van der Waals surface area contributed by atoms with Gasteiger partial charge in [-0.3, -0.25) is 14.4 Å². The number of aliphatic carboxylic acids is 1. The van der Waals surface area contributed by atoms with E-state index in [-0.39, 0.29) is 18.7 Å². The zero-order valence-corrected chi connectivity index (χ0v) is 12.9. The number of rotatable bonds is 4. The Balaban J connectivity index is 1.65. The summed E-state index contributed by atoms with van der Waals surface area (Å²) in [7, 11) is 0. The third-order valence-electron chi connectivity index (χ3n) is 4.92. The molecule has 1 amide bonds. The first-order valence-corrected chi connectivity index (χ1v) is 7.87. The molecule has 1 aromatic rings. The minimum Gasteiger partial charge on any atom is -0.480 e. The fourth-order valence-corrected chi connectivity index (χ4v) is 3.20. The largest absolute Gasteiger partial charge is 0.480 e. The monoisotopic (exact) mass is 337 g/mol. The van der Waals surface area contributed by atoms with Crippen LogP contribution in [0.4, 0.5) is 8.78 Å². The molecule has 1 N–H and O–H groups in total. The van der Waals surface area contributed by atoms with Gasteiger partial charge in [0.05, 0.1) is 5.56 Å². The molecule has 0 spiro atoms. The van der Waals surface area contributed by atoms with Crippen molar-refractivity contribution < 1.29 is 28.3 Å². The molecule has 0 aromatic heterocycles. The van der Waals surface area contributed by atoms with Crippen LogP contribution in [0.3, 0.4) is 0 Å². The summed E-state index contributed by atoms with van der Waals surface area (Å²) in [5.74, 6) is -3.92. The SMILES string of the molecule is O=C(c1cc(F)ccc1F)C1CCN(C(=O)C2(C(=O)O)CC2)CC1. The van der Waals surface area contributed by atoms with Crippen molar-refractivity contribution in [2.45, 2.75) is 25.7 Å². The quantitative estimate of drug-likeness (QED) is 0.675. The lowest BCUT2D eigenvalue weighted by Gasteiger charge is -2.33. The number of nitrogens with zero attached hydrogens (tertiary/aromatic N) is 1. The first-order chi connectivity index (χ1) is 11.3. The predicted octanol–water partition coefficient (Wildman–Crippen LogP) is 2.25. The molecule has 0 atom stereocenters. The summed E-state index contributed by atoms with van der Waals surface area (Å²) in [6, 6.07) is 2.76. The van der Waals surface area contributed by atoms with Crippen molar-refractivity contribution in [1.82, 2.24) is 4.90 Å². The van der Waals surface area contributed by atoms with Crippen LogP contribution < -0.4 is 0 Å².